The third-order valence-corrected chi connectivity index (χ3v) is 2.71. The highest BCUT2D eigenvalue weighted by Crippen LogP contribution is 2.17. The zero-order valence-corrected chi connectivity index (χ0v) is 9.57. The van der Waals surface area contributed by atoms with E-state index in [1.807, 2.05) is 12.1 Å². The Morgan fingerprint density at radius 3 is 3.13 bits per heavy atom. The van der Waals surface area contributed by atoms with Crippen LogP contribution in [0, 0.1) is 0 Å². The molecule has 1 atom stereocenters. The van der Waals surface area contributed by atoms with Gasteiger partial charge in [0.2, 0.25) is 0 Å². The Labute approximate surface area is 95.0 Å². The van der Waals surface area contributed by atoms with Crippen LogP contribution in [0.4, 0.5) is 5.82 Å². The topological polar surface area (TPSA) is 25.4 Å². The highest BCUT2D eigenvalue weighted by molar-refractivity contribution is 6.30. The molecule has 1 unspecified atom stereocenters. The first-order valence-corrected chi connectivity index (χ1v) is 5.61. The van der Waals surface area contributed by atoms with E-state index in [0.717, 1.165) is 31.9 Å². The zero-order valence-electron chi connectivity index (χ0n) is 8.82. The molecular formula is C11H15ClN2O. The second-order valence-corrected chi connectivity index (χ2v) is 4.25. The minimum atomic E-state index is 0.268. The summed E-state index contributed by atoms with van der Waals surface area (Å²) < 4.78 is 5.58. The number of ether oxygens (including phenoxy) is 1. The van der Waals surface area contributed by atoms with Gasteiger partial charge < -0.3 is 9.64 Å². The van der Waals surface area contributed by atoms with Gasteiger partial charge >= 0.3 is 0 Å². The van der Waals surface area contributed by atoms with Crippen LogP contribution in [0.3, 0.4) is 0 Å². The number of hydrogen-bond donors (Lipinski definition) is 0. The Kier molecular flexibility index (Phi) is 3.44. The maximum Gasteiger partial charge on any atom is 0.128 e. The molecule has 82 valence electrons. The quantitative estimate of drug-likeness (QED) is 0.735. The van der Waals surface area contributed by atoms with Gasteiger partial charge in [-0.3, -0.25) is 0 Å². The van der Waals surface area contributed by atoms with Crippen molar-refractivity contribution in [3.63, 3.8) is 0 Å². The highest BCUT2D eigenvalue weighted by atomic mass is 35.5. The average Bonchev–Trinajstić information content (AvgIpc) is 2.44. The molecule has 0 radical (unpaired) electrons. The molecule has 15 heavy (non-hydrogen) atoms. The average molecular weight is 227 g/mol. The zero-order chi connectivity index (χ0) is 10.7. The number of hydrogen-bond acceptors (Lipinski definition) is 3. The fraction of sp³-hybridized carbons (Fsp3) is 0.545. The van der Waals surface area contributed by atoms with Crippen molar-refractivity contribution in [3.05, 3.63) is 23.4 Å². The van der Waals surface area contributed by atoms with Crippen LogP contribution >= 0.6 is 11.6 Å². The SMILES string of the molecule is CC1CN(c2ccc(Cl)cn2)CCCO1. The van der Waals surface area contributed by atoms with Gasteiger partial charge in [-0.05, 0) is 25.5 Å². The van der Waals surface area contributed by atoms with Crippen LogP contribution in [0.2, 0.25) is 5.02 Å². The van der Waals surface area contributed by atoms with Crippen LogP contribution in [0.25, 0.3) is 0 Å². The molecule has 2 rings (SSSR count). The van der Waals surface area contributed by atoms with Crippen LogP contribution in [0.1, 0.15) is 13.3 Å². The first kappa shape index (κ1) is 10.7. The van der Waals surface area contributed by atoms with Crippen molar-refractivity contribution in [1.82, 2.24) is 4.98 Å². The molecule has 1 aliphatic heterocycles. The van der Waals surface area contributed by atoms with E-state index < -0.39 is 0 Å². The summed E-state index contributed by atoms with van der Waals surface area (Å²) in [6.45, 7) is 4.83. The maximum absolute atomic E-state index is 5.81. The Morgan fingerprint density at radius 1 is 1.53 bits per heavy atom. The number of nitrogens with zero attached hydrogens (tertiary/aromatic N) is 2. The van der Waals surface area contributed by atoms with Crippen LogP contribution in [0.5, 0.6) is 0 Å². The number of rotatable bonds is 1. The van der Waals surface area contributed by atoms with Crippen molar-refractivity contribution in [3.8, 4) is 0 Å². The van der Waals surface area contributed by atoms with E-state index in [-0.39, 0.29) is 6.10 Å². The third kappa shape index (κ3) is 2.83. The summed E-state index contributed by atoms with van der Waals surface area (Å²) >= 11 is 5.81. The van der Waals surface area contributed by atoms with Crippen molar-refractivity contribution in [1.29, 1.82) is 0 Å². The summed E-state index contributed by atoms with van der Waals surface area (Å²) in [6, 6.07) is 3.83. The number of pyridine rings is 1. The van der Waals surface area contributed by atoms with Gasteiger partial charge in [0.25, 0.3) is 0 Å². The van der Waals surface area contributed by atoms with Gasteiger partial charge in [-0.2, -0.15) is 0 Å². The molecule has 2 heterocycles. The van der Waals surface area contributed by atoms with Crippen molar-refractivity contribution in [2.45, 2.75) is 19.4 Å². The van der Waals surface area contributed by atoms with Gasteiger partial charge in [-0.1, -0.05) is 11.6 Å². The van der Waals surface area contributed by atoms with Gasteiger partial charge in [0.05, 0.1) is 11.1 Å². The predicted octanol–water partition coefficient (Wildman–Crippen LogP) is 2.35. The molecule has 1 aromatic heterocycles. The summed E-state index contributed by atoms with van der Waals surface area (Å²) in [7, 11) is 0. The molecule has 0 amide bonds. The van der Waals surface area contributed by atoms with E-state index in [2.05, 4.69) is 16.8 Å². The van der Waals surface area contributed by atoms with Crippen LogP contribution < -0.4 is 4.90 Å². The molecule has 0 N–H and O–H groups in total. The smallest absolute Gasteiger partial charge is 0.128 e. The van der Waals surface area contributed by atoms with Crippen molar-refractivity contribution in [2.75, 3.05) is 24.6 Å². The molecular weight excluding hydrogens is 212 g/mol. The van der Waals surface area contributed by atoms with Gasteiger partial charge in [-0.15, -0.1) is 0 Å². The van der Waals surface area contributed by atoms with E-state index >= 15 is 0 Å². The molecule has 3 nitrogen and oxygen atoms in total. The van der Waals surface area contributed by atoms with E-state index in [9.17, 15) is 0 Å². The van der Waals surface area contributed by atoms with E-state index in [0.29, 0.717) is 5.02 Å². The first-order chi connectivity index (χ1) is 7.25. The molecule has 0 saturated carbocycles. The summed E-state index contributed by atoms with van der Waals surface area (Å²) in [5.41, 5.74) is 0. The minimum absolute atomic E-state index is 0.268. The van der Waals surface area contributed by atoms with E-state index in [4.69, 9.17) is 16.3 Å². The number of halogens is 1. The monoisotopic (exact) mass is 226 g/mol. The summed E-state index contributed by atoms with van der Waals surface area (Å²) in [6.07, 6.45) is 3.01. The molecule has 1 aliphatic rings. The lowest BCUT2D eigenvalue weighted by Crippen LogP contribution is -2.30. The van der Waals surface area contributed by atoms with Crippen molar-refractivity contribution < 1.29 is 4.74 Å². The second kappa shape index (κ2) is 4.81. The first-order valence-electron chi connectivity index (χ1n) is 5.24. The van der Waals surface area contributed by atoms with Crippen molar-refractivity contribution in [2.24, 2.45) is 0 Å². The van der Waals surface area contributed by atoms with Crippen molar-refractivity contribution >= 4 is 17.4 Å². The number of aromatic nitrogens is 1. The van der Waals surface area contributed by atoms with Gasteiger partial charge in [0, 0.05) is 25.9 Å². The summed E-state index contributed by atoms with van der Waals surface area (Å²) in [5, 5.41) is 0.679. The fourth-order valence-corrected chi connectivity index (χ4v) is 1.87. The maximum atomic E-state index is 5.81. The lowest BCUT2D eigenvalue weighted by Gasteiger charge is -2.22. The summed E-state index contributed by atoms with van der Waals surface area (Å²) in [4.78, 5) is 6.56. The third-order valence-electron chi connectivity index (χ3n) is 2.49. The lowest BCUT2D eigenvalue weighted by molar-refractivity contribution is 0.0820. The number of anilines is 1. The van der Waals surface area contributed by atoms with Gasteiger partial charge in [0.15, 0.2) is 0 Å². The molecule has 4 heteroatoms. The summed E-state index contributed by atoms with van der Waals surface area (Å²) in [5.74, 6) is 0.983. The van der Waals surface area contributed by atoms with E-state index in [1.54, 1.807) is 6.20 Å². The normalized spacial score (nSPS) is 22.5. The fourth-order valence-electron chi connectivity index (χ4n) is 1.76. The Hall–Kier alpha value is -0.800. The molecule has 1 fully saturated rings. The predicted molar refractivity (Wildman–Crippen MR) is 61.5 cm³/mol. The standard InChI is InChI=1S/C11H15ClN2O/c1-9-8-14(5-2-6-15-9)11-4-3-10(12)7-13-11/h3-4,7,9H,2,5-6,8H2,1H3. The van der Waals surface area contributed by atoms with Crippen LogP contribution in [-0.4, -0.2) is 30.8 Å². The minimum Gasteiger partial charge on any atom is -0.377 e. The van der Waals surface area contributed by atoms with E-state index in [1.165, 1.54) is 0 Å². The molecule has 1 aromatic rings. The Balaban J connectivity index is 2.11. The van der Waals surface area contributed by atoms with Crippen LogP contribution in [0.15, 0.2) is 18.3 Å². The van der Waals surface area contributed by atoms with Crippen LogP contribution in [-0.2, 0) is 4.74 Å². The van der Waals surface area contributed by atoms with Gasteiger partial charge in [0.1, 0.15) is 5.82 Å². The molecule has 0 bridgehead atoms. The Morgan fingerprint density at radius 2 is 2.40 bits per heavy atom. The largest absolute Gasteiger partial charge is 0.377 e. The molecule has 0 spiro atoms. The Bertz CT molecular complexity index is 315. The molecule has 0 aliphatic carbocycles. The lowest BCUT2D eigenvalue weighted by atomic mass is 10.3. The molecule has 1 saturated heterocycles. The van der Waals surface area contributed by atoms with Gasteiger partial charge in [-0.25, -0.2) is 4.98 Å². The second-order valence-electron chi connectivity index (χ2n) is 3.82. The highest BCUT2D eigenvalue weighted by Gasteiger charge is 2.15. The molecule has 0 aromatic carbocycles.